The molecule has 0 saturated carbocycles. The van der Waals surface area contributed by atoms with E-state index in [2.05, 4.69) is 30.5 Å². The fraction of sp³-hybridized carbons (Fsp3) is 0.353. The van der Waals surface area contributed by atoms with Crippen molar-refractivity contribution in [3.8, 4) is 0 Å². The van der Waals surface area contributed by atoms with Gasteiger partial charge in [-0.3, -0.25) is 4.79 Å². The molecule has 1 aliphatic rings. The van der Waals surface area contributed by atoms with E-state index in [0.29, 0.717) is 0 Å². The molecule has 2 heteroatoms. The van der Waals surface area contributed by atoms with Gasteiger partial charge >= 0.3 is 0 Å². The fourth-order valence-electron chi connectivity index (χ4n) is 2.22. The molecule has 1 aliphatic carbocycles. The first-order chi connectivity index (χ1) is 9.25. The Labute approximate surface area is 115 Å². The molecule has 0 radical (unpaired) electrons. The average molecular weight is 255 g/mol. The van der Waals surface area contributed by atoms with E-state index >= 15 is 0 Å². The summed E-state index contributed by atoms with van der Waals surface area (Å²) in [6.45, 7) is 2.07. The zero-order valence-electron chi connectivity index (χ0n) is 11.4. The Hall–Kier alpha value is -1.83. The van der Waals surface area contributed by atoms with Crippen LogP contribution in [0.25, 0.3) is 0 Å². The van der Waals surface area contributed by atoms with Gasteiger partial charge in [-0.2, -0.15) is 0 Å². The van der Waals surface area contributed by atoms with E-state index in [-0.39, 0.29) is 11.9 Å². The first kappa shape index (κ1) is 13.6. The minimum Gasteiger partial charge on any atom is -0.350 e. The van der Waals surface area contributed by atoms with Crippen molar-refractivity contribution in [2.24, 2.45) is 0 Å². The Morgan fingerprint density at radius 1 is 1.26 bits per heavy atom. The second-order valence-electron chi connectivity index (χ2n) is 5.05. The van der Waals surface area contributed by atoms with Crippen molar-refractivity contribution in [1.29, 1.82) is 0 Å². The normalized spacial score (nSPS) is 15.7. The number of rotatable bonds is 5. The third-order valence-corrected chi connectivity index (χ3v) is 3.40. The van der Waals surface area contributed by atoms with Gasteiger partial charge in [0.1, 0.15) is 0 Å². The predicted octanol–water partition coefficient (Wildman–Crippen LogP) is 3.86. The highest BCUT2D eigenvalue weighted by Crippen LogP contribution is 2.17. The quantitative estimate of drug-likeness (QED) is 0.795. The van der Waals surface area contributed by atoms with Crippen LogP contribution in [0.4, 0.5) is 0 Å². The Morgan fingerprint density at radius 3 is 2.74 bits per heavy atom. The van der Waals surface area contributed by atoms with Crippen LogP contribution in [0.3, 0.4) is 0 Å². The Bertz CT molecular complexity index is 473. The smallest absolute Gasteiger partial charge is 0.251 e. The molecule has 100 valence electrons. The maximum absolute atomic E-state index is 12.0. The van der Waals surface area contributed by atoms with Gasteiger partial charge in [-0.05, 0) is 44.7 Å². The number of hydrogen-bond donors (Lipinski definition) is 1. The molecule has 1 N–H and O–H groups in total. The lowest BCUT2D eigenvalue weighted by Gasteiger charge is -2.15. The lowest BCUT2D eigenvalue weighted by Crippen LogP contribution is -2.32. The van der Waals surface area contributed by atoms with E-state index in [1.807, 2.05) is 30.3 Å². The van der Waals surface area contributed by atoms with Crippen molar-refractivity contribution < 1.29 is 4.79 Å². The number of amides is 1. The summed E-state index contributed by atoms with van der Waals surface area (Å²) < 4.78 is 0. The van der Waals surface area contributed by atoms with Crippen LogP contribution in [-0.4, -0.2) is 11.9 Å². The number of hydrogen-bond acceptors (Lipinski definition) is 1. The van der Waals surface area contributed by atoms with Crippen molar-refractivity contribution in [3.63, 3.8) is 0 Å². The van der Waals surface area contributed by atoms with Crippen molar-refractivity contribution in [3.05, 3.63) is 59.7 Å². The molecule has 0 saturated heterocycles. The van der Waals surface area contributed by atoms with E-state index < -0.39 is 0 Å². The molecule has 0 fully saturated rings. The zero-order valence-corrected chi connectivity index (χ0v) is 11.4. The van der Waals surface area contributed by atoms with Gasteiger partial charge in [-0.15, -0.1) is 0 Å². The van der Waals surface area contributed by atoms with Gasteiger partial charge in [0.15, 0.2) is 0 Å². The second kappa shape index (κ2) is 6.93. The van der Waals surface area contributed by atoms with Crippen LogP contribution in [0.1, 0.15) is 43.0 Å². The molecular formula is C17H21NO. The fourth-order valence-corrected chi connectivity index (χ4v) is 2.22. The van der Waals surface area contributed by atoms with Gasteiger partial charge < -0.3 is 5.32 Å². The summed E-state index contributed by atoms with van der Waals surface area (Å²) in [5.41, 5.74) is 2.22. The molecule has 1 aromatic carbocycles. The molecule has 1 amide bonds. The van der Waals surface area contributed by atoms with Crippen molar-refractivity contribution >= 4 is 5.91 Å². The van der Waals surface area contributed by atoms with Crippen LogP contribution in [0.5, 0.6) is 0 Å². The Balaban J connectivity index is 1.76. The van der Waals surface area contributed by atoms with Gasteiger partial charge in [0.25, 0.3) is 5.91 Å². The molecule has 1 aromatic rings. The minimum atomic E-state index is 0.0191. The summed E-state index contributed by atoms with van der Waals surface area (Å²) >= 11 is 0. The summed E-state index contributed by atoms with van der Waals surface area (Å²) in [5.74, 6) is 0.0191. The third kappa shape index (κ3) is 4.40. The summed E-state index contributed by atoms with van der Waals surface area (Å²) in [7, 11) is 0. The summed E-state index contributed by atoms with van der Waals surface area (Å²) in [6, 6.07) is 9.59. The molecule has 1 unspecified atom stereocenters. The first-order valence-corrected chi connectivity index (χ1v) is 6.94. The molecule has 2 nitrogen and oxygen atoms in total. The Kier molecular flexibility index (Phi) is 4.96. The molecule has 0 heterocycles. The average Bonchev–Trinajstić information content (AvgIpc) is 2.47. The predicted molar refractivity (Wildman–Crippen MR) is 79.1 cm³/mol. The number of benzene rings is 1. The second-order valence-corrected chi connectivity index (χ2v) is 5.05. The zero-order chi connectivity index (χ0) is 13.5. The first-order valence-electron chi connectivity index (χ1n) is 6.94. The van der Waals surface area contributed by atoms with Crippen LogP contribution < -0.4 is 5.32 Å². The van der Waals surface area contributed by atoms with Gasteiger partial charge in [-0.25, -0.2) is 0 Å². The van der Waals surface area contributed by atoms with Crippen LogP contribution in [0, 0.1) is 0 Å². The van der Waals surface area contributed by atoms with Gasteiger partial charge in [0.2, 0.25) is 0 Å². The molecular weight excluding hydrogens is 234 g/mol. The third-order valence-electron chi connectivity index (χ3n) is 3.40. The summed E-state index contributed by atoms with van der Waals surface area (Å²) in [6.07, 6.45) is 10.9. The lowest BCUT2D eigenvalue weighted by molar-refractivity contribution is 0.0938. The molecule has 2 rings (SSSR count). The lowest BCUT2D eigenvalue weighted by atomic mass is 9.99. The molecule has 0 spiro atoms. The summed E-state index contributed by atoms with van der Waals surface area (Å²) in [4.78, 5) is 12.0. The standard InChI is InChI=1S/C17H21NO/c1-14(12-13-15-8-4-2-5-9-15)18-17(19)16-10-6-3-7-11-16/h2-4,6-7,9-11,14H,5,8,12-13H2,1H3,(H,18,19). The summed E-state index contributed by atoms with van der Waals surface area (Å²) in [5, 5.41) is 3.05. The maximum atomic E-state index is 12.0. The molecule has 0 aromatic heterocycles. The van der Waals surface area contributed by atoms with Crippen molar-refractivity contribution in [1.82, 2.24) is 5.32 Å². The highest BCUT2D eigenvalue weighted by molar-refractivity contribution is 5.94. The number of carbonyl (C=O) groups excluding carboxylic acids is 1. The van der Waals surface area contributed by atoms with E-state index in [4.69, 9.17) is 0 Å². The van der Waals surface area contributed by atoms with E-state index in [0.717, 1.165) is 31.2 Å². The van der Waals surface area contributed by atoms with E-state index in [1.165, 1.54) is 5.57 Å². The van der Waals surface area contributed by atoms with Gasteiger partial charge in [0, 0.05) is 11.6 Å². The molecule has 1 atom stereocenters. The van der Waals surface area contributed by atoms with E-state index in [1.54, 1.807) is 0 Å². The topological polar surface area (TPSA) is 29.1 Å². The Morgan fingerprint density at radius 2 is 2.05 bits per heavy atom. The van der Waals surface area contributed by atoms with Crippen LogP contribution >= 0.6 is 0 Å². The molecule has 0 aliphatic heterocycles. The van der Waals surface area contributed by atoms with Crippen LogP contribution in [0.15, 0.2) is 54.1 Å². The SMILES string of the molecule is CC(CCC1=CCC=CC1)NC(=O)c1ccccc1. The number of allylic oxidation sites excluding steroid dienone is 4. The van der Waals surface area contributed by atoms with Crippen molar-refractivity contribution in [2.75, 3.05) is 0 Å². The molecule has 19 heavy (non-hydrogen) atoms. The number of carbonyl (C=O) groups is 1. The minimum absolute atomic E-state index is 0.0191. The highest BCUT2D eigenvalue weighted by atomic mass is 16.1. The molecule has 0 bridgehead atoms. The number of nitrogens with one attached hydrogen (secondary N) is 1. The van der Waals surface area contributed by atoms with Crippen molar-refractivity contribution in [2.45, 2.75) is 38.6 Å². The van der Waals surface area contributed by atoms with Crippen LogP contribution in [0.2, 0.25) is 0 Å². The highest BCUT2D eigenvalue weighted by Gasteiger charge is 2.10. The van der Waals surface area contributed by atoms with Gasteiger partial charge in [-0.1, -0.05) is 42.0 Å². The van der Waals surface area contributed by atoms with E-state index in [9.17, 15) is 4.79 Å². The van der Waals surface area contributed by atoms with Gasteiger partial charge in [0.05, 0.1) is 0 Å². The maximum Gasteiger partial charge on any atom is 0.251 e. The van der Waals surface area contributed by atoms with Crippen LogP contribution in [-0.2, 0) is 0 Å². The monoisotopic (exact) mass is 255 g/mol. The largest absolute Gasteiger partial charge is 0.350 e.